The number of nitrogens with zero attached hydrogens (tertiary/aromatic N) is 2. The van der Waals surface area contributed by atoms with E-state index in [1.807, 2.05) is 0 Å². The highest BCUT2D eigenvalue weighted by Crippen LogP contribution is 2.34. The number of hydrogen-bond acceptors (Lipinski definition) is 1. The first-order valence-corrected chi connectivity index (χ1v) is 9.25. The molecule has 1 fully saturated rings. The van der Waals surface area contributed by atoms with Crippen molar-refractivity contribution in [1.29, 1.82) is 0 Å². The summed E-state index contributed by atoms with van der Waals surface area (Å²) in [6.45, 7) is 2.17. The van der Waals surface area contributed by atoms with Gasteiger partial charge in [0, 0.05) is 34.9 Å². The van der Waals surface area contributed by atoms with Gasteiger partial charge in [-0.25, -0.2) is 4.57 Å². The van der Waals surface area contributed by atoms with Gasteiger partial charge in [0.05, 0.1) is 5.69 Å². The van der Waals surface area contributed by atoms with Gasteiger partial charge in [0.25, 0.3) is 0 Å². The molecule has 2 heteroatoms. The Labute approximate surface area is 150 Å². The lowest BCUT2D eigenvalue weighted by atomic mass is 10.0. The number of benzene rings is 1. The maximum absolute atomic E-state index is 5.00. The molecule has 1 saturated carbocycles. The average Bonchev–Trinajstić information content (AvgIpc) is 3.18. The first-order chi connectivity index (χ1) is 12.2. The molecule has 2 heterocycles. The Balaban J connectivity index is 1.76. The second-order valence-electron chi connectivity index (χ2n) is 7.16. The summed E-state index contributed by atoms with van der Waals surface area (Å²) in [6.07, 6.45) is 7.40. The van der Waals surface area contributed by atoms with Crippen LogP contribution in [-0.4, -0.2) is 4.98 Å². The predicted octanol–water partition coefficient (Wildman–Crippen LogP) is 5.21. The van der Waals surface area contributed by atoms with Crippen LogP contribution in [0.1, 0.15) is 42.9 Å². The lowest BCUT2D eigenvalue weighted by Crippen LogP contribution is -2.30. The molecule has 2 aromatic heterocycles. The van der Waals surface area contributed by atoms with Gasteiger partial charge < -0.3 is 0 Å². The van der Waals surface area contributed by atoms with Crippen molar-refractivity contribution in [1.82, 2.24) is 4.98 Å². The molecule has 0 N–H and O–H groups in total. The maximum Gasteiger partial charge on any atom is 0.213 e. The van der Waals surface area contributed by atoms with Gasteiger partial charge in [-0.05, 0) is 43.5 Å². The monoisotopic (exact) mass is 329 g/mol. The van der Waals surface area contributed by atoms with Gasteiger partial charge in [-0.1, -0.05) is 37.1 Å². The third-order valence-electron chi connectivity index (χ3n) is 5.41. The average molecular weight is 329 g/mol. The van der Waals surface area contributed by atoms with E-state index in [0.29, 0.717) is 5.92 Å². The van der Waals surface area contributed by atoms with Crippen LogP contribution in [0, 0.1) is 6.92 Å². The lowest BCUT2D eigenvalue weighted by Gasteiger charge is -2.11. The molecule has 0 aliphatic heterocycles. The zero-order valence-corrected chi connectivity index (χ0v) is 15.1. The zero-order valence-electron chi connectivity index (χ0n) is 15.1. The molecule has 0 saturated heterocycles. The van der Waals surface area contributed by atoms with Crippen LogP contribution in [0.25, 0.3) is 22.5 Å². The third kappa shape index (κ3) is 3.21. The van der Waals surface area contributed by atoms with Crippen molar-refractivity contribution in [2.24, 2.45) is 7.05 Å². The highest BCUT2D eigenvalue weighted by molar-refractivity contribution is 5.68. The van der Waals surface area contributed by atoms with E-state index in [4.69, 9.17) is 4.98 Å². The fraction of sp³-hybridized carbons (Fsp3) is 0.304. The molecule has 1 aliphatic rings. The molecule has 1 aromatic carbocycles. The van der Waals surface area contributed by atoms with E-state index in [1.54, 1.807) is 0 Å². The molecule has 0 spiro atoms. The number of pyridine rings is 2. The third-order valence-corrected chi connectivity index (χ3v) is 5.41. The summed E-state index contributed by atoms with van der Waals surface area (Å²) in [6, 6.07) is 19.5. The summed E-state index contributed by atoms with van der Waals surface area (Å²) in [5, 5.41) is 0. The van der Waals surface area contributed by atoms with Crippen LogP contribution in [-0.2, 0) is 7.05 Å². The minimum atomic E-state index is 0.649. The molecule has 0 amide bonds. The molecular weight excluding hydrogens is 304 g/mol. The highest BCUT2D eigenvalue weighted by atomic mass is 14.9. The summed E-state index contributed by atoms with van der Waals surface area (Å²) in [7, 11) is 2.11. The van der Waals surface area contributed by atoms with Crippen LogP contribution in [0.2, 0.25) is 0 Å². The Kier molecular flexibility index (Phi) is 4.35. The van der Waals surface area contributed by atoms with E-state index in [9.17, 15) is 0 Å². The Morgan fingerprint density at radius 2 is 1.76 bits per heavy atom. The van der Waals surface area contributed by atoms with E-state index in [0.717, 1.165) is 5.69 Å². The SMILES string of the molecule is Cc1ccccc1-c1cc(-c2cccc(C3CCCC3)n2)cc[n+]1C. The van der Waals surface area contributed by atoms with Crippen molar-refractivity contribution >= 4 is 0 Å². The summed E-state index contributed by atoms with van der Waals surface area (Å²) in [4.78, 5) is 5.00. The molecule has 126 valence electrons. The molecule has 0 unspecified atom stereocenters. The fourth-order valence-corrected chi connectivity index (χ4v) is 3.92. The second-order valence-corrected chi connectivity index (χ2v) is 7.16. The number of hydrogen-bond donors (Lipinski definition) is 0. The molecule has 0 atom stereocenters. The van der Waals surface area contributed by atoms with Gasteiger partial charge >= 0.3 is 0 Å². The second kappa shape index (κ2) is 6.79. The van der Waals surface area contributed by atoms with Gasteiger partial charge in [0.15, 0.2) is 6.20 Å². The van der Waals surface area contributed by atoms with Crippen LogP contribution in [0.3, 0.4) is 0 Å². The maximum atomic E-state index is 5.00. The van der Waals surface area contributed by atoms with Gasteiger partial charge in [-0.15, -0.1) is 0 Å². The Morgan fingerprint density at radius 3 is 2.56 bits per heavy atom. The van der Waals surface area contributed by atoms with Crippen LogP contribution < -0.4 is 4.57 Å². The van der Waals surface area contributed by atoms with E-state index < -0.39 is 0 Å². The quantitative estimate of drug-likeness (QED) is 0.603. The van der Waals surface area contributed by atoms with Crippen molar-refractivity contribution in [2.45, 2.75) is 38.5 Å². The van der Waals surface area contributed by atoms with Crippen molar-refractivity contribution in [3.05, 3.63) is 72.1 Å². The first kappa shape index (κ1) is 16.0. The van der Waals surface area contributed by atoms with E-state index in [-0.39, 0.29) is 0 Å². The Morgan fingerprint density at radius 1 is 0.960 bits per heavy atom. The first-order valence-electron chi connectivity index (χ1n) is 9.25. The predicted molar refractivity (Wildman–Crippen MR) is 102 cm³/mol. The van der Waals surface area contributed by atoms with Crippen LogP contribution >= 0.6 is 0 Å². The van der Waals surface area contributed by atoms with Gasteiger partial charge in [-0.2, -0.15) is 0 Å². The van der Waals surface area contributed by atoms with E-state index in [1.165, 1.54) is 53.8 Å². The molecule has 0 bridgehead atoms. The zero-order chi connectivity index (χ0) is 17.2. The van der Waals surface area contributed by atoms with E-state index in [2.05, 4.69) is 79.3 Å². The fourth-order valence-electron chi connectivity index (χ4n) is 3.92. The lowest BCUT2D eigenvalue weighted by molar-refractivity contribution is -0.660. The summed E-state index contributed by atoms with van der Waals surface area (Å²) >= 11 is 0. The summed E-state index contributed by atoms with van der Waals surface area (Å²) in [5.74, 6) is 0.649. The van der Waals surface area contributed by atoms with Gasteiger partial charge in [-0.3, -0.25) is 4.98 Å². The molecular formula is C23H25N2+. The van der Waals surface area contributed by atoms with Crippen LogP contribution in [0.5, 0.6) is 0 Å². The Hall–Kier alpha value is -2.48. The van der Waals surface area contributed by atoms with Crippen molar-refractivity contribution < 1.29 is 4.57 Å². The number of aryl methyl sites for hydroxylation is 2. The topological polar surface area (TPSA) is 16.8 Å². The van der Waals surface area contributed by atoms with Crippen LogP contribution in [0.4, 0.5) is 0 Å². The van der Waals surface area contributed by atoms with Crippen LogP contribution in [0.15, 0.2) is 60.8 Å². The standard InChI is InChI=1S/C23H25N2/c1-17-8-3-6-11-20(17)23-16-19(14-15-25(23)2)22-13-7-12-21(24-22)18-9-4-5-10-18/h3,6-8,11-16,18H,4-5,9-10H2,1-2H3/q+1. The largest absolute Gasteiger partial charge is 0.253 e. The number of aromatic nitrogens is 2. The Bertz CT molecular complexity index is 892. The van der Waals surface area contributed by atoms with Gasteiger partial charge in [0.1, 0.15) is 7.05 Å². The summed E-state index contributed by atoms with van der Waals surface area (Å²) < 4.78 is 2.19. The normalized spacial score (nSPS) is 14.8. The summed E-state index contributed by atoms with van der Waals surface area (Å²) in [5.41, 5.74) is 7.34. The molecule has 1 aliphatic carbocycles. The van der Waals surface area contributed by atoms with E-state index >= 15 is 0 Å². The van der Waals surface area contributed by atoms with Crippen molar-refractivity contribution in [2.75, 3.05) is 0 Å². The molecule has 4 rings (SSSR count). The van der Waals surface area contributed by atoms with Crippen molar-refractivity contribution in [3.8, 4) is 22.5 Å². The highest BCUT2D eigenvalue weighted by Gasteiger charge is 2.19. The minimum Gasteiger partial charge on any atom is -0.253 e. The molecule has 2 nitrogen and oxygen atoms in total. The van der Waals surface area contributed by atoms with Gasteiger partial charge in [0.2, 0.25) is 5.69 Å². The molecule has 0 radical (unpaired) electrons. The smallest absolute Gasteiger partial charge is 0.213 e. The minimum absolute atomic E-state index is 0.649. The number of rotatable bonds is 3. The molecule has 3 aromatic rings. The van der Waals surface area contributed by atoms with Crippen molar-refractivity contribution in [3.63, 3.8) is 0 Å². The molecule has 25 heavy (non-hydrogen) atoms.